The summed E-state index contributed by atoms with van der Waals surface area (Å²) >= 11 is 0. The molecule has 0 amide bonds. The molecule has 3 atom stereocenters. The van der Waals surface area contributed by atoms with Gasteiger partial charge in [0.15, 0.2) is 0 Å². The van der Waals surface area contributed by atoms with Crippen molar-refractivity contribution in [3.05, 3.63) is 0 Å². The zero-order valence-corrected chi connectivity index (χ0v) is 11.3. The van der Waals surface area contributed by atoms with Crippen molar-refractivity contribution in [2.75, 3.05) is 6.16 Å². The summed E-state index contributed by atoms with van der Waals surface area (Å²) in [4.78, 5) is 28.7. The van der Waals surface area contributed by atoms with Crippen LogP contribution in [0, 0.1) is 11.8 Å². The average molecular weight is 279 g/mol. The van der Waals surface area contributed by atoms with Crippen LogP contribution < -0.4 is 5.73 Å². The molecule has 18 heavy (non-hydrogen) atoms. The van der Waals surface area contributed by atoms with Gasteiger partial charge in [-0.3, -0.25) is 9.36 Å². The van der Waals surface area contributed by atoms with Crippen molar-refractivity contribution in [3.63, 3.8) is 0 Å². The molecule has 0 aliphatic heterocycles. The molecule has 0 spiro atoms. The van der Waals surface area contributed by atoms with Crippen molar-refractivity contribution in [2.45, 2.75) is 44.6 Å². The van der Waals surface area contributed by atoms with Crippen LogP contribution in [-0.4, -0.2) is 33.1 Å². The number of hydrogen-bond acceptors (Lipinski definition) is 3. The van der Waals surface area contributed by atoms with E-state index < -0.39 is 19.6 Å². The van der Waals surface area contributed by atoms with Gasteiger partial charge in [-0.15, -0.1) is 0 Å². The Hall–Kier alpha value is -0.420. The van der Waals surface area contributed by atoms with Crippen LogP contribution in [0.3, 0.4) is 0 Å². The maximum absolute atomic E-state index is 11.1. The Bertz CT molecular complexity index is 329. The molecule has 0 saturated heterocycles. The number of carbonyl (C=O) groups is 1. The molecule has 106 valence electrons. The second-order valence-corrected chi connectivity index (χ2v) is 6.87. The molecule has 1 fully saturated rings. The molecule has 0 aromatic heterocycles. The van der Waals surface area contributed by atoms with Crippen molar-refractivity contribution in [1.29, 1.82) is 0 Å². The van der Waals surface area contributed by atoms with Crippen LogP contribution in [-0.2, 0) is 9.36 Å². The molecule has 1 rings (SSSR count). The summed E-state index contributed by atoms with van der Waals surface area (Å²) in [5, 5.41) is 8.71. The predicted molar refractivity (Wildman–Crippen MR) is 67.2 cm³/mol. The van der Waals surface area contributed by atoms with E-state index in [1.165, 1.54) is 0 Å². The molecule has 6 nitrogen and oxygen atoms in total. The minimum absolute atomic E-state index is 0.000535. The quantitative estimate of drug-likeness (QED) is 0.541. The van der Waals surface area contributed by atoms with E-state index >= 15 is 0 Å². The summed E-state index contributed by atoms with van der Waals surface area (Å²) in [6.07, 6.45) is 4.70. The third-order valence-corrected chi connectivity index (χ3v) is 4.65. The number of carboxylic acids is 1. The minimum Gasteiger partial charge on any atom is -0.480 e. The van der Waals surface area contributed by atoms with Crippen LogP contribution in [0.15, 0.2) is 0 Å². The fourth-order valence-corrected chi connectivity index (χ4v) is 3.82. The molecular weight excluding hydrogens is 257 g/mol. The number of nitrogens with two attached hydrogens (primary N) is 1. The fourth-order valence-electron chi connectivity index (χ4n) is 2.73. The molecule has 0 aromatic rings. The molecule has 0 aromatic carbocycles. The van der Waals surface area contributed by atoms with Gasteiger partial charge in [0.05, 0.1) is 6.16 Å². The van der Waals surface area contributed by atoms with Crippen LogP contribution >= 0.6 is 7.60 Å². The first-order valence-corrected chi connectivity index (χ1v) is 8.12. The predicted octanol–water partition coefficient (Wildman–Crippen LogP) is 1.16. The van der Waals surface area contributed by atoms with Crippen molar-refractivity contribution >= 4 is 13.6 Å². The maximum Gasteiger partial charge on any atom is 0.325 e. The van der Waals surface area contributed by atoms with Gasteiger partial charge < -0.3 is 20.6 Å². The Morgan fingerprint density at radius 2 is 1.83 bits per heavy atom. The van der Waals surface area contributed by atoms with Gasteiger partial charge in [-0.2, -0.15) is 0 Å². The third kappa shape index (κ3) is 5.48. The smallest absolute Gasteiger partial charge is 0.325 e. The SMILES string of the molecule is NC(CCC1CCCCC1CP(=O)(O)O)C(=O)O. The number of rotatable bonds is 6. The molecule has 0 bridgehead atoms. The van der Waals surface area contributed by atoms with Gasteiger partial charge in [0.25, 0.3) is 0 Å². The highest BCUT2D eigenvalue weighted by molar-refractivity contribution is 7.51. The molecule has 5 N–H and O–H groups in total. The number of carboxylic acid groups (broad SMARTS) is 1. The van der Waals surface area contributed by atoms with Gasteiger partial charge in [-0.05, 0) is 31.1 Å². The zero-order chi connectivity index (χ0) is 13.8. The molecular formula is C11H22NO5P. The Labute approximate surface area is 107 Å². The molecule has 0 heterocycles. The van der Waals surface area contributed by atoms with Crippen LogP contribution in [0.25, 0.3) is 0 Å². The van der Waals surface area contributed by atoms with Crippen molar-refractivity contribution in [2.24, 2.45) is 17.6 Å². The first kappa shape index (κ1) is 15.6. The van der Waals surface area contributed by atoms with E-state index in [1.807, 2.05) is 0 Å². The number of aliphatic carboxylic acids is 1. The number of hydrogen-bond donors (Lipinski definition) is 4. The van der Waals surface area contributed by atoms with E-state index in [9.17, 15) is 9.36 Å². The third-order valence-electron chi connectivity index (χ3n) is 3.70. The Balaban J connectivity index is 2.49. The first-order valence-electron chi connectivity index (χ1n) is 6.32. The van der Waals surface area contributed by atoms with E-state index in [0.29, 0.717) is 12.8 Å². The van der Waals surface area contributed by atoms with Crippen LogP contribution in [0.5, 0.6) is 0 Å². The van der Waals surface area contributed by atoms with E-state index in [0.717, 1.165) is 25.7 Å². The van der Waals surface area contributed by atoms with Crippen molar-refractivity contribution in [1.82, 2.24) is 0 Å². The molecule has 3 unspecified atom stereocenters. The lowest BCUT2D eigenvalue weighted by molar-refractivity contribution is -0.138. The zero-order valence-electron chi connectivity index (χ0n) is 10.4. The first-order chi connectivity index (χ1) is 8.29. The summed E-state index contributed by atoms with van der Waals surface area (Å²) in [7, 11) is -3.99. The van der Waals surface area contributed by atoms with Gasteiger partial charge in [0.2, 0.25) is 0 Å². The molecule has 1 saturated carbocycles. The second-order valence-electron chi connectivity index (χ2n) is 5.17. The van der Waals surface area contributed by atoms with Crippen molar-refractivity contribution in [3.8, 4) is 0 Å². The van der Waals surface area contributed by atoms with Gasteiger partial charge in [-0.1, -0.05) is 19.3 Å². The van der Waals surface area contributed by atoms with Gasteiger partial charge in [0.1, 0.15) is 6.04 Å². The second kappa shape index (κ2) is 6.66. The van der Waals surface area contributed by atoms with E-state index in [1.54, 1.807) is 0 Å². The van der Waals surface area contributed by atoms with Gasteiger partial charge in [0, 0.05) is 0 Å². The van der Waals surface area contributed by atoms with E-state index in [-0.39, 0.29) is 18.0 Å². The summed E-state index contributed by atoms with van der Waals surface area (Å²) in [6.45, 7) is 0. The minimum atomic E-state index is -3.99. The van der Waals surface area contributed by atoms with Crippen molar-refractivity contribution < 1.29 is 24.3 Å². The monoisotopic (exact) mass is 279 g/mol. The highest BCUT2D eigenvalue weighted by Crippen LogP contribution is 2.44. The topological polar surface area (TPSA) is 121 Å². The lowest BCUT2D eigenvalue weighted by Crippen LogP contribution is -2.32. The molecule has 1 aliphatic rings. The van der Waals surface area contributed by atoms with Gasteiger partial charge in [-0.25, -0.2) is 0 Å². The fraction of sp³-hybridized carbons (Fsp3) is 0.909. The lowest BCUT2D eigenvalue weighted by Gasteiger charge is -2.32. The van der Waals surface area contributed by atoms with Crippen LogP contribution in [0.2, 0.25) is 0 Å². The highest BCUT2D eigenvalue weighted by atomic mass is 31.2. The summed E-state index contributed by atoms with van der Waals surface area (Å²) < 4.78 is 11.1. The largest absolute Gasteiger partial charge is 0.480 e. The van der Waals surface area contributed by atoms with Gasteiger partial charge >= 0.3 is 13.6 Å². The maximum atomic E-state index is 11.1. The molecule has 0 radical (unpaired) electrons. The molecule has 1 aliphatic carbocycles. The van der Waals surface area contributed by atoms with Crippen LogP contribution in [0.4, 0.5) is 0 Å². The Morgan fingerprint density at radius 1 is 1.28 bits per heavy atom. The van der Waals surface area contributed by atoms with Crippen LogP contribution in [0.1, 0.15) is 38.5 Å². The Morgan fingerprint density at radius 3 is 2.33 bits per heavy atom. The normalized spacial score (nSPS) is 26.8. The highest BCUT2D eigenvalue weighted by Gasteiger charge is 2.31. The van der Waals surface area contributed by atoms with E-state index in [4.69, 9.17) is 20.6 Å². The lowest BCUT2D eigenvalue weighted by atomic mass is 9.77. The molecule has 7 heteroatoms. The summed E-state index contributed by atoms with van der Waals surface area (Å²) in [6, 6.07) is -0.873. The Kier molecular flexibility index (Phi) is 5.79. The summed E-state index contributed by atoms with van der Waals surface area (Å²) in [5.41, 5.74) is 5.45. The average Bonchev–Trinajstić information content (AvgIpc) is 2.25. The standard InChI is InChI=1S/C11H22NO5P/c12-10(11(13)14)6-5-8-3-1-2-4-9(8)7-18(15,16)17/h8-10H,1-7,12H2,(H,13,14)(H2,15,16,17). The summed E-state index contributed by atoms with van der Waals surface area (Å²) in [5.74, 6) is -0.824. The van der Waals surface area contributed by atoms with E-state index in [2.05, 4.69) is 0 Å².